The van der Waals surface area contributed by atoms with Crippen LogP contribution in [0.2, 0.25) is 0 Å². The van der Waals surface area contributed by atoms with E-state index in [4.69, 9.17) is 10.5 Å². The average Bonchev–Trinajstić information content (AvgIpc) is 2.53. The highest BCUT2D eigenvalue weighted by molar-refractivity contribution is 5.76. The number of benzene rings is 1. The van der Waals surface area contributed by atoms with E-state index in [1.54, 1.807) is 7.11 Å². The van der Waals surface area contributed by atoms with E-state index >= 15 is 0 Å². The number of carbonyl (C=O) groups excluding carboxylic acids is 1. The van der Waals surface area contributed by atoms with Crippen molar-refractivity contribution in [3.63, 3.8) is 0 Å². The summed E-state index contributed by atoms with van der Waals surface area (Å²) in [5, 5.41) is 3.73. The molecule has 0 aliphatic heterocycles. The molecule has 1 atom stereocenters. The van der Waals surface area contributed by atoms with Crippen LogP contribution in [0.1, 0.15) is 50.6 Å². The van der Waals surface area contributed by atoms with E-state index in [-0.39, 0.29) is 11.8 Å². The lowest BCUT2D eigenvalue weighted by Gasteiger charge is -2.31. The van der Waals surface area contributed by atoms with Gasteiger partial charge in [-0.3, -0.25) is 4.79 Å². The predicted molar refractivity (Wildman–Crippen MR) is 84.1 cm³/mol. The number of hydrogen-bond donors (Lipinski definition) is 2. The summed E-state index contributed by atoms with van der Waals surface area (Å²) in [7, 11) is 1.68. The summed E-state index contributed by atoms with van der Waals surface area (Å²) in [6.07, 6.45) is 4.92. The monoisotopic (exact) mass is 290 g/mol. The van der Waals surface area contributed by atoms with Crippen molar-refractivity contribution < 1.29 is 9.53 Å². The van der Waals surface area contributed by atoms with Gasteiger partial charge in [-0.25, -0.2) is 0 Å². The first kappa shape index (κ1) is 15.8. The van der Waals surface area contributed by atoms with Crippen molar-refractivity contribution in [1.29, 1.82) is 0 Å². The molecule has 0 aromatic heterocycles. The van der Waals surface area contributed by atoms with Gasteiger partial charge < -0.3 is 15.8 Å². The summed E-state index contributed by atoms with van der Waals surface area (Å²) in [6, 6.07) is 9.08. The summed E-state index contributed by atoms with van der Waals surface area (Å²) < 4.78 is 5.20. The highest BCUT2D eigenvalue weighted by Crippen LogP contribution is 2.27. The molecular formula is C17H26N2O2. The van der Waals surface area contributed by atoms with Gasteiger partial charge in [-0.1, -0.05) is 19.1 Å². The number of ether oxygens (including phenoxy) is 1. The topological polar surface area (TPSA) is 64.3 Å². The Labute approximate surface area is 127 Å². The number of methoxy groups -OCH3 is 1. The molecule has 1 amide bonds. The Hall–Kier alpha value is -1.55. The van der Waals surface area contributed by atoms with Crippen molar-refractivity contribution in [1.82, 2.24) is 5.32 Å². The van der Waals surface area contributed by atoms with Crippen LogP contribution >= 0.6 is 0 Å². The first-order valence-corrected chi connectivity index (χ1v) is 7.83. The molecule has 3 N–H and O–H groups in total. The number of amides is 1. The van der Waals surface area contributed by atoms with Gasteiger partial charge in [0, 0.05) is 18.0 Å². The second-order valence-corrected chi connectivity index (χ2v) is 5.85. The minimum atomic E-state index is -0.143. The molecule has 0 heterocycles. The zero-order valence-electron chi connectivity index (χ0n) is 13.0. The number of hydrogen-bond acceptors (Lipinski definition) is 3. The SMILES string of the molecule is CCC(NC1CCC(C(N)=O)CC1)c1ccc(OC)cc1. The average molecular weight is 290 g/mol. The summed E-state index contributed by atoms with van der Waals surface area (Å²) in [6.45, 7) is 2.19. The summed E-state index contributed by atoms with van der Waals surface area (Å²) in [5.41, 5.74) is 6.67. The number of rotatable bonds is 6. The van der Waals surface area contributed by atoms with Gasteiger partial charge in [-0.15, -0.1) is 0 Å². The molecule has 1 fully saturated rings. The van der Waals surface area contributed by atoms with Crippen molar-refractivity contribution in [2.75, 3.05) is 7.11 Å². The maximum absolute atomic E-state index is 11.2. The molecule has 4 heteroatoms. The molecule has 4 nitrogen and oxygen atoms in total. The van der Waals surface area contributed by atoms with Crippen LogP contribution in [0.5, 0.6) is 5.75 Å². The van der Waals surface area contributed by atoms with Crippen LogP contribution < -0.4 is 15.8 Å². The molecule has 1 saturated carbocycles. The Balaban J connectivity index is 1.91. The van der Waals surface area contributed by atoms with E-state index in [0.717, 1.165) is 37.9 Å². The molecule has 0 saturated heterocycles. The summed E-state index contributed by atoms with van der Waals surface area (Å²) in [5.74, 6) is 0.815. The molecule has 2 rings (SSSR count). The van der Waals surface area contributed by atoms with Gasteiger partial charge in [0.05, 0.1) is 7.11 Å². The van der Waals surface area contributed by atoms with Crippen LogP contribution in [0.25, 0.3) is 0 Å². The fourth-order valence-corrected chi connectivity index (χ4v) is 3.12. The van der Waals surface area contributed by atoms with Crippen LogP contribution in [0.4, 0.5) is 0 Å². The molecule has 1 aromatic carbocycles. The number of nitrogens with two attached hydrogens (primary N) is 1. The largest absolute Gasteiger partial charge is 0.497 e. The molecule has 21 heavy (non-hydrogen) atoms. The molecule has 1 aliphatic carbocycles. The van der Waals surface area contributed by atoms with Crippen LogP contribution in [0, 0.1) is 5.92 Å². The van der Waals surface area contributed by atoms with Gasteiger partial charge in [0.1, 0.15) is 5.75 Å². The Morgan fingerprint density at radius 3 is 2.38 bits per heavy atom. The third-order valence-corrected chi connectivity index (χ3v) is 4.49. The van der Waals surface area contributed by atoms with Crippen LogP contribution in [0.15, 0.2) is 24.3 Å². The standard InChI is InChI=1S/C17H26N2O2/c1-3-16(12-6-10-15(21-2)11-7-12)19-14-8-4-13(5-9-14)17(18)20/h6-7,10-11,13-14,16,19H,3-5,8-9H2,1-2H3,(H2,18,20). The van der Waals surface area contributed by atoms with E-state index in [0.29, 0.717) is 12.1 Å². The van der Waals surface area contributed by atoms with Crippen LogP contribution in [0.3, 0.4) is 0 Å². The quantitative estimate of drug-likeness (QED) is 0.846. The van der Waals surface area contributed by atoms with Gasteiger partial charge >= 0.3 is 0 Å². The molecule has 0 bridgehead atoms. The zero-order valence-corrected chi connectivity index (χ0v) is 13.0. The van der Waals surface area contributed by atoms with Gasteiger partial charge in [0.15, 0.2) is 0 Å². The fraction of sp³-hybridized carbons (Fsp3) is 0.588. The Morgan fingerprint density at radius 2 is 1.90 bits per heavy atom. The number of carbonyl (C=O) groups is 1. The number of nitrogens with one attached hydrogen (secondary N) is 1. The second kappa shape index (κ2) is 7.46. The van der Waals surface area contributed by atoms with Gasteiger partial charge in [0.2, 0.25) is 5.91 Å². The smallest absolute Gasteiger partial charge is 0.220 e. The molecule has 116 valence electrons. The summed E-state index contributed by atoms with van der Waals surface area (Å²) >= 11 is 0. The Bertz CT molecular complexity index is 450. The van der Waals surface area contributed by atoms with E-state index in [1.165, 1.54) is 5.56 Å². The third kappa shape index (κ3) is 4.21. The highest BCUT2D eigenvalue weighted by Gasteiger charge is 2.26. The van der Waals surface area contributed by atoms with Crippen molar-refractivity contribution in [3.05, 3.63) is 29.8 Å². The van der Waals surface area contributed by atoms with E-state index in [2.05, 4.69) is 24.4 Å². The number of primary amides is 1. The van der Waals surface area contributed by atoms with Crippen LogP contribution in [-0.2, 0) is 4.79 Å². The van der Waals surface area contributed by atoms with E-state index < -0.39 is 0 Å². The zero-order chi connectivity index (χ0) is 15.2. The fourth-order valence-electron chi connectivity index (χ4n) is 3.12. The van der Waals surface area contributed by atoms with Crippen molar-refractivity contribution in [2.45, 2.75) is 51.1 Å². The van der Waals surface area contributed by atoms with E-state index in [1.807, 2.05) is 12.1 Å². The molecule has 1 aromatic rings. The van der Waals surface area contributed by atoms with E-state index in [9.17, 15) is 4.79 Å². The van der Waals surface area contributed by atoms with Crippen molar-refractivity contribution in [2.24, 2.45) is 11.7 Å². The van der Waals surface area contributed by atoms with Gasteiger partial charge in [-0.2, -0.15) is 0 Å². The Morgan fingerprint density at radius 1 is 1.29 bits per heavy atom. The first-order chi connectivity index (χ1) is 10.1. The lowest BCUT2D eigenvalue weighted by Crippen LogP contribution is -2.38. The maximum atomic E-state index is 11.2. The second-order valence-electron chi connectivity index (χ2n) is 5.85. The van der Waals surface area contributed by atoms with Gasteiger partial charge in [0.25, 0.3) is 0 Å². The predicted octanol–water partition coefficient (Wildman–Crippen LogP) is 2.78. The highest BCUT2D eigenvalue weighted by atomic mass is 16.5. The molecule has 1 aliphatic rings. The molecule has 0 radical (unpaired) electrons. The lowest BCUT2D eigenvalue weighted by molar-refractivity contribution is -0.122. The van der Waals surface area contributed by atoms with Crippen molar-refractivity contribution >= 4 is 5.91 Å². The molecule has 0 spiro atoms. The lowest BCUT2D eigenvalue weighted by atomic mass is 9.85. The Kier molecular flexibility index (Phi) is 5.62. The summed E-state index contributed by atoms with van der Waals surface area (Å²) in [4.78, 5) is 11.2. The van der Waals surface area contributed by atoms with Gasteiger partial charge in [-0.05, 0) is 49.8 Å². The normalized spacial score (nSPS) is 23.5. The third-order valence-electron chi connectivity index (χ3n) is 4.49. The minimum absolute atomic E-state index is 0.0733. The van der Waals surface area contributed by atoms with Crippen molar-refractivity contribution in [3.8, 4) is 5.75 Å². The van der Waals surface area contributed by atoms with Crippen LogP contribution in [-0.4, -0.2) is 19.1 Å². The molecule has 1 unspecified atom stereocenters. The maximum Gasteiger partial charge on any atom is 0.220 e. The first-order valence-electron chi connectivity index (χ1n) is 7.83. The molecular weight excluding hydrogens is 264 g/mol. The minimum Gasteiger partial charge on any atom is -0.497 e.